The van der Waals surface area contributed by atoms with Crippen molar-refractivity contribution in [2.24, 2.45) is 0 Å². The van der Waals surface area contributed by atoms with Gasteiger partial charge in [0.25, 0.3) is 5.56 Å². The van der Waals surface area contributed by atoms with Gasteiger partial charge in [0, 0.05) is 19.3 Å². The molecule has 18 heavy (non-hydrogen) atoms. The quantitative estimate of drug-likeness (QED) is 0.912. The molecule has 0 saturated heterocycles. The summed E-state index contributed by atoms with van der Waals surface area (Å²) < 4.78 is 1.75. The SMILES string of the molecule is CCN(CC)C(=O)Cn1cc(N)c(C)c(Br)c1=O. The average Bonchev–Trinajstić information content (AvgIpc) is 2.35. The van der Waals surface area contributed by atoms with Crippen molar-refractivity contribution in [3.63, 3.8) is 0 Å². The maximum Gasteiger partial charge on any atom is 0.265 e. The highest BCUT2D eigenvalue weighted by atomic mass is 79.9. The van der Waals surface area contributed by atoms with E-state index in [1.807, 2.05) is 13.8 Å². The topological polar surface area (TPSA) is 68.3 Å². The van der Waals surface area contributed by atoms with E-state index in [0.717, 1.165) is 0 Å². The summed E-state index contributed by atoms with van der Waals surface area (Å²) in [5, 5.41) is 0. The molecule has 1 aromatic rings. The summed E-state index contributed by atoms with van der Waals surface area (Å²) in [6.07, 6.45) is 1.52. The number of pyridine rings is 1. The van der Waals surface area contributed by atoms with Crippen LogP contribution in [-0.4, -0.2) is 28.5 Å². The third-order valence-corrected chi connectivity index (χ3v) is 3.86. The van der Waals surface area contributed by atoms with Crippen molar-refractivity contribution in [2.45, 2.75) is 27.3 Å². The van der Waals surface area contributed by atoms with Gasteiger partial charge in [-0.25, -0.2) is 0 Å². The number of nitrogens with zero attached hydrogens (tertiary/aromatic N) is 2. The zero-order chi connectivity index (χ0) is 13.9. The standard InChI is InChI=1S/C12H18BrN3O2/c1-4-15(5-2)10(17)7-16-6-9(14)8(3)11(13)12(16)18/h6H,4-5,7,14H2,1-3H3. The van der Waals surface area contributed by atoms with Gasteiger partial charge in [-0.1, -0.05) is 0 Å². The Bertz CT molecular complexity index is 507. The third-order valence-electron chi connectivity index (χ3n) is 2.93. The van der Waals surface area contributed by atoms with Crippen molar-refractivity contribution >= 4 is 27.5 Å². The highest BCUT2D eigenvalue weighted by Gasteiger charge is 2.14. The van der Waals surface area contributed by atoms with Gasteiger partial charge < -0.3 is 15.2 Å². The van der Waals surface area contributed by atoms with Crippen LogP contribution in [0.2, 0.25) is 0 Å². The molecule has 0 saturated carbocycles. The van der Waals surface area contributed by atoms with Crippen LogP contribution in [0.3, 0.4) is 0 Å². The Morgan fingerprint density at radius 3 is 2.50 bits per heavy atom. The lowest BCUT2D eigenvalue weighted by Crippen LogP contribution is -2.36. The van der Waals surface area contributed by atoms with E-state index in [1.165, 1.54) is 10.8 Å². The Labute approximate surface area is 115 Å². The van der Waals surface area contributed by atoms with Crippen LogP contribution in [0.4, 0.5) is 5.69 Å². The summed E-state index contributed by atoms with van der Waals surface area (Å²) in [5.74, 6) is -0.0859. The number of carbonyl (C=O) groups is 1. The summed E-state index contributed by atoms with van der Waals surface area (Å²) >= 11 is 3.20. The van der Waals surface area contributed by atoms with Crippen LogP contribution < -0.4 is 11.3 Å². The molecule has 0 aliphatic heterocycles. The monoisotopic (exact) mass is 315 g/mol. The maximum atomic E-state index is 12.0. The number of anilines is 1. The first kappa shape index (κ1) is 14.8. The molecule has 0 aliphatic carbocycles. The van der Waals surface area contributed by atoms with E-state index in [4.69, 9.17) is 5.73 Å². The maximum absolute atomic E-state index is 12.0. The van der Waals surface area contributed by atoms with Crippen LogP contribution in [0.1, 0.15) is 19.4 Å². The predicted molar refractivity (Wildman–Crippen MR) is 75.5 cm³/mol. The zero-order valence-electron chi connectivity index (χ0n) is 10.9. The van der Waals surface area contributed by atoms with Crippen molar-refractivity contribution in [2.75, 3.05) is 18.8 Å². The second kappa shape index (κ2) is 6.04. The van der Waals surface area contributed by atoms with E-state index in [1.54, 1.807) is 11.8 Å². The molecule has 1 heterocycles. The van der Waals surface area contributed by atoms with Crippen LogP contribution >= 0.6 is 15.9 Å². The predicted octanol–water partition coefficient (Wildman–Crippen LogP) is 1.37. The first-order chi connectivity index (χ1) is 8.42. The van der Waals surface area contributed by atoms with Crippen LogP contribution in [0.5, 0.6) is 0 Å². The number of nitrogen functional groups attached to an aromatic ring is 1. The van der Waals surface area contributed by atoms with Gasteiger partial charge in [-0.3, -0.25) is 9.59 Å². The molecule has 100 valence electrons. The van der Waals surface area contributed by atoms with Crippen molar-refractivity contribution in [1.29, 1.82) is 0 Å². The second-order valence-electron chi connectivity index (χ2n) is 4.02. The highest BCUT2D eigenvalue weighted by Crippen LogP contribution is 2.16. The number of nitrogens with two attached hydrogens (primary N) is 1. The Morgan fingerprint density at radius 2 is 2.00 bits per heavy atom. The van der Waals surface area contributed by atoms with Crippen LogP contribution in [0.15, 0.2) is 15.5 Å². The smallest absolute Gasteiger partial charge is 0.265 e. The number of hydrogen-bond acceptors (Lipinski definition) is 3. The van der Waals surface area contributed by atoms with Gasteiger partial charge in [-0.05, 0) is 42.3 Å². The number of hydrogen-bond donors (Lipinski definition) is 1. The molecule has 0 radical (unpaired) electrons. The molecule has 0 unspecified atom stereocenters. The van der Waals surface area contributed by atoms with Crippen LogP contribution in [0, 0.1) is 6.92 Å². The summed E-state index contributed by atoms with van der Waals surface area (Å²) in [6.45, 7) is 6.85. The highest BCUT2D eigenvalue weighted by molar-refractivity contribution is 9.10. The molecule has 0 aromatic carbocycles. The van der Waals surface area contributed by atoms with E-state index in [0.29, 0.717) is 28.8 Å². The molecule has 1 aromatic heterocycles. The van der Waals surface area contributed by atoms with Crippen LogP contribution in [-0.2, 0) is 11.3 Å². The lowest BCUT2D eigenvalue weighted by molar-refractivity contribution is -0.131. The molecule has 2 N–H and O–H groups in total. The minimum absolute atomic E-state index is 0.0175. The fraction of sp³-hybridized carbons (Fsp3) is 0.500. The summed E-state index contributed by atoms with van der Waals surface area (Å²) in [6, 6.07) is 0. The lowest BCUT2D eigenvalue weighted by atomic mass is 10.2. The minimum atomic E-state index is -0.234. The number of likely N-dealkylation sites (N-methyl/N-ethyl adjacent to an activating group) is 1. The number of rotatable bonds is 4. The molecule has 5 nitrogen and oxygen atoms in total. The Morgan fingerprint density at radius 1 is 1.44 bits per heavy atom. The normalized spacial score (nSPS) is 10.4. The minimum Gasteiger partial charge on any atom is -0.397 e. The number of halogens is 1. The van der Waals surface area contributed by atoms with E-state index in [2.05, 4.69) is 15.9 Å². The molecule has 1 rings (SSSR count). The molecule has 0 atom stereocenters. The molecule has 0 aliphatic rings. The van der Waals surface area contributed by atoms with Gasteiger partial charge in [0.1, 0.15) is 6.54 Å². The van der Waals surface area contributed by atoms with Crippen molar-refractivity contribution in [3.05, 3.63) is 26.6 Å². The molecule has 0 spiro atoms. The number of aromatic nitrogens is 1. The summed E-state index contributed by atoms with van der Waals surface area (Å²) in [4.78, 5) is 25.6. The fourth-order valence-electron chi connectivity index (χ4n) is 1.68. The van der Waals surface area contributed by atoms with Crippen molar-refractivity contribution in [1.82, 2.24) is 9.47 Å². The van der Waals surface area contributed by atoms with E-state index < -0.39 is 0 Å². The summed E-state index contributed by atoms with van der Waals surface area (Å²) in [7, 11) is 0. The third kappa shape index (κ3) is 2.93. The first-order valence-electron chi connectivity index (χ1n) is 5.85. The summed E-state index contributed by atoms with van der Waals surface area (Å²) in [5.41, 5.74) is 6.75. The van der Waals surface area contributed by atoms with E-state index in [-0.39, 0.29) is 18.0 Å². The van der Waals surface area contributed by atoms with Crippen LogP contribution in [0.25, 0.3) is 0 Å². The molecule has 6 heteroatoms. The molecule has 0 fully saturated rings. The zero-order valence-corrected chi connectivity index (χ0v) is 12.5. The van der Waals surface area contributed by atoms with Crippen molar-refractivity contribution in [3.8, 4) is 0 Å². The molecular formula is C12H18BrN3O2. The van der Waals surface area contributed by atoms with Gasteiger partial charge in [0.05, 0.1) is 10.2 Å². The fourth-order valence-corrected chi connectivity index (χ4v) is 2.13. The van der Waals surface area contributed by atoms with E-state index in [9.17, 15) is 9.59 Å². The molecule has 0 bridgehead atoms. The van der Waals surface area contributed by atoms with Gasteiger partial charge in [0.2, 0.25) is 5.91 Å². The van der Waals surface area contributed by atoms with Gasteiger partial charge >= 0.3 is 0 Å². The van der Waals surface area contributed by atoms with E-state index >= 15 is 0 Å². The Kier molecular flexibility index (Phi) is 4.95. The van der Waals surface area contributed by atoms with Gasteiger partial charge in [-0.15, -0.1) is 0 Å². The largest absolute Gasteiger partial charge is 0.397 e. The Balaban J connectivity index is 3.06. The lowest BCUT2D eigenvalue weighted by Gasteiger charge is -2.19. The van der Waals surface area contributed by atoms with Gasteiger partial charge in [-0.2, -0.15) is 0 Å². The van der Waals surface area contributed by atoms with Crippen molar-refractivity contribution < 1.29 is 4.79 Å². The number of amides is 1. The molecular weight excluding hydrogens is 298 g/mol. The number of carbonyl (C=O) groups excluding carboxylic acids is 1. The second-order valence-corrected chi connectivity index (χ2v) is 4.82. The Hall–Kier alpha value is -1.30. The first-order valence-corrected chi connectivity index (χ1v) is 6.64. The van der Waals surface area contributed by atoms with Gasteiger partial charge in [0.15, 0.2) is 0 Å². The average molecular weight is 316 g/mol. The molecule has 1 amide bonds.